The summed E-state index contributed by atoms with van der Waals surface area (Å²) in [4.78, 5) is 14.6. The van der Waals surface area contributed by atoms with Gasteiger partial charge >= 0.3 is 5.97 Å². The van der Waals surface area contributed by atoms with Gasteiger partial charge in [0.05, 0.1) is 6.61 Å². The summed E-state index contributed by atoms with van der Waals surface area (Å²) in [6.07, 6.45) is 6.33. The number of aromatic hydroxyl groups is 1. The second kappa shape index (κ2) is 18.3. The Kier molecular flexibility index (Phi) is 15.2. The fourth-order valence-corrected chi connectivity index (χ4v) is 5.98. The highest BCUT2D eigenvalue weighted by atomic mass is 16.5. The van der Waals surface area contributed by atoms with Crippen molar-refractivity contribution in [3.63, 3.8) is 0 Å². The van der Waals surface area contributed by atoms with Crippen molar-refractivity contribution in [2.24, 2.45) is 11.7 Å². The van der Waals surface area contributed by atoms with Crippen LogP contribution in [0.25, 0.3) is 10.9 Å². The Morgan fingerprint density at radius 3 is 1.98 bits per heavy atom. The maximum absolute atomic E-state index is 11.4. The lowest BCUT2D eigenvalue weighted by atomic mass is 9.64. The summed E-state index contributed by atoms with van der Waals surface area (Å²) < 4.78 is 4.85. The number of phenolic OH excluding ortho intramolecular Hbond substituents is 1. The number of rotatable bonds is 12. The molecule has 0 fully saturated rings. The molecule has 1 heterocycles. The van der Waals surface area contributed by atoms with E-state index < -0.39 is 12.0 Å². The van der Waals surface area contributed by atoms with E-state index in [-0.39, 0.29) is 11.2 Å². The molecule has 0 saturated heterocycles. The second-order valence-corrected chi connectivity index (χ2v) is 11.3. The highest BCUT2D eigenvalue weighted by molar-refractivity contribution is 5.82. The monoisotopic (exact) mass is 600 g/mol. The van der Waals surface area contributed by atoms with Gasteiger partial charge in [-0.3, -0.25) is 4.79 Å². The number of aryl methyl sites for hydroxylation is 2. The number of carbonyl (C=O) groups excluding carboxylic acids is 1. The zero-order valence-corrected chi connectivity index (χ0v) is 28.4. The molecule has 0 aliphatic heterocycles. The Balaban J connectivity index is 0.000000301. The molecule has 0 radical (unpaired) electrons. The topological polar surface area (TPSA) is 88.3 Å². The average Bonchev–Trinajstić information content (AvgIpc) is 3.45. The number of benzene rings is 3. The summed E-state index contributed by atoms with van der Waals surface area (Å²) >= 11 is 0. The van der Waals surface area contributed by atoms with Crippen LogP contribution in [0, 0.1) is 5.92 Å². The van der Waals surface area contributed by atoms with Crippen molar-refractivity contribution in [2.45, 2.75) is 105 Å². The summed E-state index contributed by atoms with van der Waals surface area (Å²) in [6, 6.07) is 24.8. The molecular formula is C39H56N2O3. The molecule has 240 valence electrons. The standard InChI is InChI=1S/C24H34.C13H16N2O3.C2H6/c1-6-12-21(9-4)24(5,22-15-10-13-19(7-2)17-22)23-16-11-14-20(8-3)18-23;1-2-18-13(17)11(14)7-9-5-8-6-10(16)3-4-12(8)15-9;1-2/h10-11,13-18,21H,6-9,12H2,1-5H3;3-6,11,15-16H,2,7,14H2,1H3;1-2H3/t;11-;/m.0./s1. The van der Waals surface area contributed by atoms with Crippen LogP contribution in [0.4, 0.5) is 0 Å². The molecule has 5 nitrogen and oxygen atoms in total. The summed E-state index contributed by atoms with van der Waals surface area (Å²) in [5, 5.41) is 10.3. The van der Waals surface area contributed by atoms with Crippen molar-refractivity contribution >= 4 is 16.9 Å². The van der Waals surface area contributed by atoms with Crippen LogP contribution < -0.4 is 5.73 Å². The molecule has 44 heavy (non-hydrogen) atoms. The molecule has 4 aromatic rings. The van der Waals surface area contributed by atoms with E-state index in [1.807, 2.05) is 19.9 Å². The number of H-pyrrole nitrogens is 1. The molecule has 0 aliphatic carbocycles. The number of nitrogens with two attached hydrogens (primary N) is 1. The summed E-state index contributed by atoms with van der Waals surface area (Å²) in [7, 11) is 0. The number of esters is 1. The van der Waals surface area contributed by atoms with E-state index in [0.29, 0.717) is 18.9 Å². The van der Waals surface area contributed by atoms with Crippen LogP contribution in [0.3, 0.4) is 0 Å². The highest BCUT2D eigenvalue weighted by Gasteiger charge is 2.36. The van der Waals surface area contributed by atoms with E-state index in [4.69, 9.17) is 10.5 Å². The van der Waals surface area contributed by atoms with Crippen LogP contribution in [0.15, 0.2) is 72.8 Å². The molecule has 0 spiro atoms. The first kappa shape index (κ1) is 36.6. The van der Waals surface area contributed by atoms with Gasteiger partial charge in [-0.15, -0.1) is 0 Å². The number of hydrogen-bond acceptors (Lipinski definition) is 4. The number of fused-ring (bicyclic) bond motifs is 1. The molecule has 1 aromatic heterocycles. The zero-order valence-electron chi connectivity index (χ0n) is 28.4. The van der Waals surface area contributed by atoms with Gasteiger partial charge in [-0.25, -0.2) is 0 Å². The van der Waals surface area contributed by atoms with Gasteiger partial charge in [-0.05, 0) is 78.6 Å². The number of carbonyl (C=O) groups is 1. The predicted octanol–water partition coefficient (Wildman–Crippen LogP) is 9.28. The van der Waals surface area contributed by atoms with Crippen molar-refractivity contribution in [3.05, 3.63) is 101 Å². The first-order valence-electron chi connectivity index (χ1n) is 16.6. The van der Waals surface area contributed by atoms with Crippen molar-refractivity contribution in [3.8, 4) is 5.75 Å². The van der Waals surface area contributed by atoms with Crippen molar-refractivity contribution in [1.82, 2.24) is 4.98 Å². The maximum atomic E-state index is 11.4. The largest absolute Gasteiger partial charge is 0.508 e. The highest BCUT2D eigenvalue weighted by Crippen LogP contribution is 2.43. The maximum Gasteiger partial charge on any atom is 0.323 e. The van der Waals surface area contributed by atoms with Gasteiger partial charge in [0.25, 0.3) is 0 Å². The van der Waals surface area contributed by atoms with Crippen molar-refractivity contribution in [1.29, 1.82) is 0 Å². The fraction of sp³-hybridized carbons (Fsp3) is 0.462. The predicted molar refractivity (Wildman–Crippen MR) is 186 cm³/mol. The van der Waals surface area contributed by atoms with Gasteiger partial charge in [0.1, 0.15) is 11.8 Å². The third kappa shape index (κ3) is 9.46. The lowest BCUT2D eigenvalue weighted by Gasteiger charge is -2.39. The molecule has 0 amide bonds. The summed E-state index contributed by atoms with van der Waals surface area (Å²) in [5.41, 5.74) is 13.4. The summed E-state index contributed by atoms with van der Waals surface area (Å²) in [5.74, 6) is 0.475. The van der Waals surface area contributed by atoms with Gasteiger partial charge in [-0.1, -0.05) is 110 Å². The molecule has 5 heteroatoms. The number of aromatic nitrogens is 1. The Morgan fingerprint density at radius 1 is 0.886 bits per heavy atom. The lowest BCUT2D eigenvalue weighted by molar-refractivity contribution is -0.144. The van der Waals surface area contributed by atoms with Gasteiger partial charge in [0.15, 0.2) is 0 Å². The fourth-order valence-electron chi connectivity index (χ4n) is 5.98. The van der Waals surface area contributed by atoms with Crippen LogP contribution in [0.5, 0.6) is 5.75 Å². The lowest BCUT2D eigenvalue weighted by Crippen LogP contribution is -2.34. The smallest absolute Gasteiger partial charge is 0.323 e. The number of aromatic amines is 1. The Labute approximate surface area is 266 Å². The third-order valence-electron chi connectivity index (χ3n) is 8.51. The third-order valence-corrected chi connectivity index (χ3v) is 8.51. The van der Waals surface area contributed by atoms with E-state index in [0.717, 1.165) is 29.4 Å². The van der Waals surface area contributed by atoms with Crippen LogP contribution in [0.1, 0.15) is 103 Å². The molecule has 4 rings (SSSR count). The molecule has 0 bridgehead atoms. The van der Waals surface area contributed by atoms with Gasteiger partial charge < -0.3 is 20.6 Å². The van der Waals surface area contributed by atoms with Crippen LogP contribution in [-0.4, -0.2) is 28.7 Å². The van der Waals surface area contributed by atoms with Crippen LogP contribution in [-0.2, 0) is 34.2 Å². The van der Waals surface area contributed by atoms with E-state index in [1.54, 1.807) is 25.1 Å². The van der Waals surface area contributed by atoms with Gasteiger partial charge in [-0.2, -0.15) is 0 Å². The van der Waals surface area contributed by atoms with E-state index in [2.05, 4.69) is 88.1 Å². The average molecular weight is 601 g/mol. The minimum Gasteiger partial charge on any atom is -0.508 e. The number of phenols is 1. The minimum atomic E-state index is -0.674. The first-order valence-corrected chi connectivity index (χ1v) is 16.6. The van der Waals surface area contributed by atoms with Crippen LogP contribution in [0.2, 0.25) is 0 Å². The Hall–Kier alpha value is -3.57. The first-order chi connectivity index (χ1) is 21.2. The van der Waals surface area contributed by atoms with E-state index >= 15 is 0 Å². The zero-order chi connectivity index (χ0) is 32.7. The Morgan fingerprint density at radius 2 is 1.48 bits per heavy atom. The van der Waals surface area contributed by atoms with E-state index in [1.165, 1.54) is 41.5 Å². The molecular weight excluding hydrogens is 544 g/mol. The molecule has 4 N–H and O–H groups in total. The van der Waals surface area contributed by atoms with Crippen molar-refractivity contribution in [2.75, 3.05) is 6.61 Å². The normalized spacial score (nSPS) is 12.4. The number of nitrogens with one attached hydrogen (secondary N) is 1. The van der Waals surface area contributed by atoms with Crippen LogP contribution >= 0.6 is 0 Å². The summed E-state index contributed by atoms with van der Waals surface area (Å²) in [6.45, 7) is 17.7. The quantitative estimate of drug-likeness (QED) is 0.141. The second-order valence-electron chi connectivity index (χ2n) is 11.3. The molecule has 0 saturated carbocycles. The SMILES string of the molecule is CC.CCCC(CC)C(C)(c1cccc(CC)c1)c1cccc(CC)c1.CCOC(=O)[C@@H](N)Cc1cc2cc(O)ccc2[nH]1. The molecule has 1 unspecified atom stereocenters. The Bertz CT molecular complexity index is 1380. The number of ether oxygens (including phenoxy) is 1. The van der Waals surface area contributed by atoms with Crippen molar-refractivity contribution < 1.29 is 14.6 Å². The van der Waals surface area contributed by atoms with Gasteiger partial charge in [0, 0.05) is 28.4 Å². The minimum absolute atomic E-state index is 0.0844. The molecule has 0 aliphatic rings. The molecule has 3 aromatic carbocycles. The van der Waals surface area contributed by atoms with Gasteiger partial charge in [0.2, 0.25) is 0 Å². The molecule has 2 atom stereocenters. The number of hydrogen-bond donors (Lipinski definition) is 3. The van der Waals surface area contributed by atoms with E-state index in [9.17, 15) is 9.90 Å².